The van der Waals surface area contributed by atoms with Gasteiger partial charge in [0.25, 0.3) is 11.5 Å². The van der Waals surface area contributed by atoms with Crippen molar-refractivity contribution < 1.29 is 14.3 Å². The standard InChI is InChI=1S/C23H26N6O4/c1-27-11-13-28(14-12-27)22(31)16-7-8-20(33-2)19(15-16)24-21(30)9-10-29-23(32)17-5-3-4-6-18(17)25-26-29/h3-8,15H,9-14H2,1-2H3,(H,24,30). The highest BCUT2D eigenvalue weighted by atomic mass is 16.5. The lowest BCUT2D eigenvalue weighted by Crippen LogP contribution is -2.47. The van der Waals surface area contributed by atoms with Crippen molar-refractivity contribution in [2.24, 2.45) is 0 Å². The normalized spacial score (nSPS) is 14.3. The molecule has 10 heteroatoms. The fourth-order valence-corrected chi connectivity index (χ4v) is 3.72. The van der Waals surface area contributed by atoms with Gasteiger partial charge < -0.3 is 19.9 Å². The van der Waals surface area contributed by atoms with Crippen molar-refractivity contribution in [1.82, 2.24) is 24.8 Å². The lowest BCUT2D eigenvalue weighted by Gasteiger charge is -2.32. The molecule has 0 atom stereocenters. The number of nitrogens with zero attached hydrogens (tertiary/aromatic N) is 5. The third-order valence-corrected chi connectivity index (χ3v) is 5.69. The summed E-state index contributed by atoms with van der Waals surface area (Å²) in [5.41, 5.74) is 1.09. The second-order valence-corrected chi connectivity index (χ2v) is 7.94. The molecular formula is C23H26N6O4. The van der Waals surface area contributed by atoms with Crippen molar-refractivity contribution in [2.75, 3.05) is 45.7 Å². The fourth-order valence-electron chi connectivity index (χ4n) is 3.72. The fraction of sp³-hybridized carbons (Fsp3) is 0.348. The first-order chi connectivity index (χ1) is 16.0. The minimum Gasteiger partial charge on any atom is -0.495 e. The first-order valence-electron chi connectivity index (χ1n) is 10.7. The van der Waals surface area contributed by atoms with E-state index in [-0.39, 0.29) is 30.3 Å². The molecule has 0 bridgehead atoms. The molecule has 172 valence electrons. The number of benzene rings is 2. The Morgan fingerprint density at radius 1 is 1.09 bits per heavy atom. The third-order valence-electron chi connectivity index (χ3n) is 5.69. The molecule has 10 nitrogen and oxygen atoms in total. The zero-order valence-corrected chi connectivity index (χ0v) is 18.7. The van der Waals surface area contributed by atoms with Crippen LogP contribution in [0, 0.1) is 0 Å². The minimum absolute atomic E-state index is 0.00666. The van der Waals surface area contributed by atoms with E-state index in [9.17, 15) is 14.4 Å². The number of likely N-dealkylation sites (N-methyl/N-ethyl adjacent to an activating group) is 1. The van der Waals surface area contributed by atoms with Crippen molar-refractivity contribution in [1.29, 1.82) is 0 Å². The van der Waals surface area contributed by atoms with Crippen LogP contribution >= 0.6 is 0 Å². The number of carbonyl (C=O) groups excluding carboxylic acids is 2. The summed E-state index contributed by atoms with van der Waals surface area (Å²) in [4.78, 5) is 42.0. The van der Waals surface area contributed by atoms with Crippen LogP contribution in [-0.2, 0) is 11.3 Å². The van der Waals surface area contributed by atoms with E-state index in [1.54, 1.807) is 47.4 Å². The summed E-state index contributed by atoms with van der Waals surface area (Å²) in [6, 6.07) is 11.9. The zero-order chi connectivity index (χ0) is 23.4. The average Bonchev–Trinajstić information content (AvgIpc) is 2.84. The summed E-state index contributed by atoms with van der Waals surface area (Å²) in [5, 5.41) is 11.2. The van der Waals surface area contributed by atoms with Gasteiger partial charge in [-0.05, 0) is 37.4 Å². The quantitative estimate of drug-likeness (QED) is 0.601. The van der Waals surface area contributed by atoms with Gasteiger partial charge in [-0.3, -0.25) is 14.4 Å². The van der Waals surface area contributed by atoms with E-state index >= 15 is 0 Å². The van der Waals surface area contributed by atoms with Gasteiger partial charge >= 0.3 is 0 Å². The molecule has 1 aromatic heterocycles. The highest BCUT2D eigenvalue weighted by molar-refractivity contribution is 5.98. The SMILES string of the molecule is COc1ccc(C(=O)N2CCN(C)CC2)cc1NC(=O)CCn1nnc2ccccc2c1=O. The van der Waals surface area contributed by atoms with Crippen LogP contribution in [-0.4, -0.2) is 76.9 Å². The van der Waals surface area contributed by atoms with Crippen molar-refractivity contribution in [3.63, 3.8) is 0 Å². The van der Waals surface area contributed by atoms with Gasteiger partial charge in [-0.1, -0.05) is 17.3 Å². The zero-order valence-electron chi connectivity index (χ0n) is 18.7. The van der Waals surface area contributed by atoms with Crippen LogP contribution in [0.1, 0.15) is 16.8 Å². The molecular weight excluding hydrogens is 424 g/mol. The van der Waals surface area contributed by atoms with Crippen LogP contribution in [0.5, 0.6) is 5.75 Å². The lowest BCUT2D eigenvalue weighted by molar-refractivity contribution is -0.116. The van der Waals surface area contributed by atoms with Crippen molar-refractivity contribution in [3.8, 4) is 5.75 Å². The molecule has 0 spiro atoms. The first kappa shape index (κ1) is 22.4. The highest BCUT2D eigenvalue weighted by Crippen LogP contribution is 2.26. The summed E-state index contributed by atoms with van der Waals surface area (Å²) < 4.78 is 6.52. The number of nitrogens with one attached hydrogen (secondary N) is 1. The summed E-state index contributed by atoms with van der Waals surface area (Å²) in [6.45, 7) is 3.03. The number of rotatable bonds is 6. The predicted octanol–water partition coefficient (Wildman–Crippen LogP) is 1.22. The van der Waals surface area contributed by atoms with Crippen molar-refractivity contribution in [2.45, 2.75) is 13.0 Å². The molecule has 4 rings (SSSR count). The van der Waals surface area contributed by atoms with Gasteiger partial charge in [-0.2, -0.15) is 0 Å². The molecule has 33 heavy (non-hydrogen) atoms. The number of ether oxygens (including phenoxy) is 1. The van der Waals surface area contributed by atoms with E-state index in [2.05, 4.69) is 20.5 Å². The maximum absolute atomic E-state index is 12.9. The van der Waals surface area contributed by atoms with Gasteiger partial charge in [0.15, 0.2) is 0 Å². The number of carbonyl (C=O) groups is 2. The van der Waals surface area contributed by atoms with E-state index in [4.69, 9.17) is 4.74 Å². The van der Waals surface area contributed by atoms with Gasteiger partial charge in [0.1, 0.15) is 11.3 Å². The maximum atomic E-state index is 12.9. The smallest absolute Gasteiger partial charge is 0.277 e. The third kappa shape index (κ3) is 5.01. The predicted molar refractivity (Wildman–Crippen MR) is 123 cm³/mol. The van der Waals surface area contributed by atoms with Crippen LogP contribution in [0.15, 0.2) is 47.3 Å². The summed E-state index contributed by atoms with van der Waals surface area (Å²) in [7, 11) is 3.53. The van der Waals surface area contributed by atoms with Gasteiger partial charge in [0, 0.05) is 38.2 Å². The molecule has 0 saturated carbocycles. The molecule has 2 amide bonds. The van der Waals surface area contributed by atoms with E-state index in [0.29, 0.717) is 41.0 Å². The largest absolute Gasteiger partial charge is 0.495 e. The summed E-state index contributed by atoms with van der Waals surface area (Å²) >= 11 is 0. The van der Waals surface area contributed by atoms with Crippen LogP contribution in [0.25, 0.3) is 10.9 Å². The molecule has 2 aromatic carbocycles. The van der Waals surface area contributed by atoms with Gasteiger partial charge in [-0.15, -0.1) is 5.10 Å². The van der Waals surface area contributed by atoms with Crippen LogP contribution in [0.4, 0.5) is 5.69 Å². The Bertz CT molecular complexity index is 1230. The number of anilines is 1. The molecule has 1 fully saturated rings. The topological polar surface area (TPSA) is 110 Å². The van der Waals surface area contributed by atoms with E-state index in [0.717, 1.165) is 13.1 Å². The molecule has 3 aromatic rings. The number of hydrogen-bond donors (Lipinski definition) is 1. The minimum atomic E-state index is -0.334. The Kier molecular flexibility index (Phi) is 6.64. The molecule has 1 saturated heterocycles. The first-order valence-corrected chi connectivity index (χ1v) is 10.7. The Hall–Kier alpha value is -3.79. The van der Waals surface area contributed by atoms with Gasteiger partial charge in [0.05, 0.1) is 24.7 Å². The maximum Gasteiger partial charge on any atom is 0.277 e. The average molecular weight is 450 g/mol. The second-order valence-electron chi connectivity index (χ2n) is 7.94. The van der Waals surface area contributed by atoms with E-state index in [1.165, 1.54) is 11.8 Å². The molecule has 0 radical (unpaired) electrons. The number of amides is 2. The number of piperazine rings is 1. The van der Waals surface area contributed by atoms with Crippen LogP contribution < -0.4 is 15.6 Å². The lowest BCUT2D eigenvalue weighted by atomic mass is 10.1. The monoisotopic (exact) mass is 450 g/mol. The van der Waals surface area contributed by atoms with E-state index in [1.807, 2.05) is 7.05 Å². The van der Waals surface area contributed by atoms with Crippen LogP contribution in [0.2, 0.25) is 0 Å². The van der Waals surface area contributed by atoms with Crippen molar-refractivity contribution in [3.05, 3.63) is 58.4 Å². The number of hydrogen-bond acceptors (Lipinski definition) is 7. The van der Waals surface area contributed by atoms with Crippen molar-refractivity contribution >= 4 is 28.4 Å². The molecule has 2 heterocycles. The molecule has 0 aliphatic carbocycles. The Morgan fingerprint density at radius 3 is 2.61 bits per heavy atom. The van der Waals surface area contributed by atoms with Crippen LogP contribution in [0.3, 0.4) is 0 Å². The number of methoxy groups -OCH3 is 1. The molecule has 1 N–H and O–H groups in total. The second kappa shape index (κ2) is 9.78. The molecule has 1 aliphatic heterocycles. The number of aromatic nitrogens is 3. The summed E-state index contributed by atoms with van der Waals surface area (Å²) in [6.07, 6.45) is 0.00666. The van der Waals surface area contributed by atoms with Gasteiger partial charge in [-0.25, -0.2) is 4.68 Å². The summed E-state index contributed by atoms with van der Waals surface area (Å²) in [5.74, 6) is 0.0274. The Balaban J connectivity index is 1.45. The Morgan fingerprint density at radius 2 is 1.85 bits per heavy atom. The number of fused-ring (bicyclic) bond motifs is 1. The molecule has 1 aliphatic rings. The molecule has 0 unspecified atom stereocenters. The highest BCUT2D eigenvalue weighted by Gasteiger charge is 2.21. The van der Waals surface area contributed by atoms with E-state index < -0.39 is 0 Å². The number of aryl methyl sites for hydroxylation is 1. The Labute approximate surface area is 190 Å². The van der Waals surface area contributed by atoms with Gasteiger partial charge in [0.2, 0.25) is 5.91 Å².